The molecule has 0 saturated heterocycles. The molecule has 2 nitrogen and oxygen atoms in total. The van der Waals surface area contributed by atoms with Gasteiger partial charge in [-0.2, -0.15) is 0 Å². The minimum atomic E-state index is 0.0140. The Labute approximate surface area is 118 Å². The molecule has 17 heavy (non-hydrogen) atoms. The van der Waals surface area contributed by atoms with Crippen molar-refractivity contribution in [3.05, 3.63) is 33.8 Å². The number of aryl methyl sites for hydroxylation is 1. The number of hydrogen-bond donors (Lipinski definition) is 1. The zero-order valence-corrected chi connectivity index (χ0v) is 12.8. The first-order valence-electron chi connectivity index (χ1n) is 5.76. The Hall–Kier alpha value is -0.350. The molecule has 0 aromatic heterocycles. The van der Waals surface area contributed by atoms with Crippen LogP contribution in [0.5, 0.6) is 0 Å². The van der Waals surface area contributed by atoms with Crippen LogP contribution in [0.25, 0.3) is 0 Å². The first-order valence-corrected chi connectivity index (χ1v) is 7.47. The van der Waals surface area contributed by atoms with E-state index in [1.165, 1.54) is 12.8 Å². The maximum Gasteiger partial charge on any atom is 0.251 e. The van der Waals surface area contributed by atoms with Crippen LogP contribution in [0.3, 0.4) is 0 Å². The van der Waals surface area contributed by atoms with Crippen molar-refractivity contribution >= 4 is 37.8 Å². The molecule has 0 spiro atoms. The fourth-order valence-corrected chi connectivity index (χ4v) is 2.96. The van der Waals surface area contributed by atoms with E-state index in [0.717, 1.165) is 21.5 Å². The van der Waals surface area contributed by atoms with Crippen LogP contribution >= 0.6 is 31.9 Å². The second-order valence-electron chi connectivity index (χ2n) is 4.52. The van der Waals surface area contributed by atoms with E-state index < -0.39 is 0 Å². The number of nitrogens with one attached hydrogen (secondary N) is 1. The average Bonchev–Trinajstić information content (AvgIpc) is 3.09. The third kappa shape index (κ3) is 3.55. The van der Waals surface area contributed by atoms with Gasteiger partial charge in [0.25, 0.3) is 5.91 Å². The minimum Gasteiger partial charge on any atom is -0.351 e. The molecule has 0 aliphatic heterocycles. The van der Waals surface area contributed by atoms with Gasteiger partial charge in [0, 0.05) is 21.4 Å². The summed E-state index contributed by atoms with van der Waals surface area (Å²) in [4.78, 5) is 12.4. The van der Waals surface area contributed by atoms with Gasteiger partial charge in [-0.15, -0.1) is 0 Å². The zero-order chi connectivity index (χ0) is 12.4. The highest BCUT2D eigenvalue weighted by molar-refractivity contribution is 9.10. The molecule has 1 aliphatic rings. The Balaban J connectivity index is 1.94. The van der Waals surface area contributed by atoms with Gasteiger partial charge >= 0.3 is 0 Å². The molecular formula is C13H15Br2NO. The normalized spacial score (nSPS) is 16.6. The molecule has 1 atom stereocenters. The van der Waals surface area contributed by atoms with E-state index in [-0.39, 0.29) is 5.91 Å². The predicted octanol–water partition coefficient (Wildman–Crippen LogP) is 3.66. The molecule has 0 heterocycles. The van der Waals surface area contributed by atoms with E-state index >= 15 is 0 Å². The summed E-state index contributed by atoms with van der Waals surface area (Å²) in [5.74, 6) is 0.765. The monoisotopic (exact) mass is 359 g/mol. The van der Waals surface area contributed by atoms with E-state index in [1.807, 2.05) is 25.1 Å². The SMILES string of the molecule is Cc1cc(Br)ccc1C(=O)NCC(Br)C1CC1. The summed E-state index contributed by atoms with van der Waals surface area (Å²) in [7, 11) is 0. The molecule has 1 N–H and O–H groups in total. The summed E-state index contributed by atoms with van der Waals surface area (Å²) < 4.78 is 1.00. The molecule has 1 unspecified atom stereocenters. The Kier molecular flexibility index (Phi) is 4.26. The second kappa shape index (κ2) is 5.53. The summed E-state index contributed by atoms with van der Waals surface area (Å²) in [6.45, 7) is 2.66. The molecule has 1 amide bonds. The maximum atomic E-state index is 12.0. The van der Waals surface area contributed by atoms with Crippen LogP contribution in [0, 0.1) is 12.8 Å². The van der Waals surface area contributed by atoms with E-state index in [4.69, 9.17) is 0 Å². The average molecular weight is 361 g/mol. The lowest BCUT2D eigenvalue weighted by molar-refractivity contribution is 0.0953. The Bertz CT molecular complexity index is 429. The second-order valence-corrected chi connectivity index (χ2v) is 6.61. The first-order chi connectivity index (χ1) is 8.08. The van der Waals surface area contributed by atoms with Gasteiger partial charge in [-0.25, -0.2) is 0 Å². The highest BCUT2D eigenvalue weighted by Crippen LogP contribution is 2.36. The minimum absolute atomic E-state index is 0.0140. The topological polar surface area (TPSA) is 29.1 Å². The quantitative estimate of drug-likeness (QED) is 0.815. The number of amides is 1. The third-order valence-corrected chi connectivity index (χ3v) is 4.59. The lowest BCUT2D eigenvalue weighted by atomic mass is 10.1. The standard InChI is InChI=1S/C13H15Br2NO/c1-8-6-10(14)4-5-11(8)13(17)16-7-12(15)9-2-3-9/h4-6,9,12H,2-3,7H2,1H3,(H,16,17). The molecule has 1 saturated carbocycles. The number of alkyl halides is 1. The number of carbonyl (C=O) groups excluding carboxylic acids is 1. The molecule has 1 aliphatic carbocycles. The molecule has 2 rings (SSSR count). The van der Waals surface area contributed by atoms with Crippen molar-refractivity contribution in [2.75, 3.05) is 6.54 Å². The van der Waals surface area contributed by atoms with Crippen LogP contribution in [0.4, 0.5) is 0 Å². The molecule has 0 radical (unpaired) electrons. The van der Waals surface area contributed by atoms with Crippen molar-refractivity contribution in [1.82, 2.24) is 5.32 Å². The van der Waals surface area contributed by atoms with Crippen LogP contribution < -0.4 is 5.32 Å². The zero-order valence-electron chi connectivity index (χ0n) is 9.67. The van der Waals surface area contributed by atoms with Gasteiger partial charge in [0.05, 0.1) is 0 Å². The van der Waals surface area contributed by atoms with Crippen molar-refractivity contribution < 1.29 is 4.79 Å². The van der Waals surface area contributed by atoms with Crippen LogP contribution in [-0.2, 0) is 0 Å². The van der Waals surface area contributed by atoms with Crippen molar-refractivity contribution in [3.8, 4) is 0 Å². The highest BCUT2D eigenvalue weighted by Gasteiger charge is 2.29. The van der Waals surface area contributed by atoms with Gasteiger partial charge in [-0.05, 0) is 49.4 Å². The lowest BCUT2D eigenvalue weighted by Gasteiger charge is -2.11. The largest absolute Gasteiger partial charge is 0.351 e. The van der Waals surface area contributed by atoms with Crippen LogP contribution in [0.1, 0.15) is 28.8 Å². The highest BCUT2D eigenvalue weighted by atomic mass is 79.9. The van der Waals surface area contributed by atoms with Crippen LogP contribution in [-0.4, -0.2) is 17.3 Å². The maximum absolute atomic E-state index is 12.0. The van der Waals surface area contributed by atoms with Crippen molar-refractivity contribution in [2.45, 2.75) is 24.6 Å². The molecule has 92 valence electrons. The van der Waals surface area contributed by atoms with E-state index in [0.29, 0.717) is 11.4 Å². The van der Waals surface area contributed by atoms with E-state index in [2.05, 4.69) is 37.2 Å². The molecule has 0 bridgehead atoms. The van der Waals surface area contributed by atoms with Crippen LogP contribution in [0.15, 0.2) is 22.7 Å². The van der Waals surface area contributed by atoms with Crippen molar-refractivity contribution in [1.29, 1.82) is 0 Å². The number of halogens is 2. The molecule has 4 heteroatoms. The predicted molar refractivity (Wildman–Crippen MR) is 76.7 cm³/mol. The third-order valence-electron chi connectivity index (χ3n) is 3.02. The van der Waals surface area contributed by atoms with Gasteiger partial charge in [-0.1, -0.05) is 31.9 Å². The number of carbonyl (C=O) groups is 1. The molecule has 1 aromatic rings. The Morgan fingerprint density at radius 1 is 1.53 bits per heavy atom. The summed E-state index contributed by atoms with van der Waals surface area (Å²) >= 11 is 7.01. The summed E-state index contributed by atoms with van der Waals surface area (Å²) in [6, 6.07) is 5.71. The summed E-state index contributed by atoms with van der Waals surface area (Å²) in [5, 5.41) is 2.98. The van der Waals surface area contributed by atoms with Gasteiger partial charge < -0.3 is 5.32 Å². The summed E-state index contributed by atoms with van der Waals surface area (Å²) in [5.41, 5.74) is 1.75. The van der Waals surface area contributed by atoms with Crippen molar-refractivity contribution in [2.24, 2.45) is 5.92 Å². The van der Waals surface area contributed by atoms with E-state index in [1.54, 1.807) is 0 Å². The van der Waals surface area contributed by atoms with Gasteiger partial charge in [-0.3, -0.25) is 4.79 Å². The van der Waals surface area contributed by atoms with Crippen LogP contribution in [0.2, 0.25) is 0 Å². The van der Waals surface area contributed by atoms with Gasteiger partial charge in [0.15, 0.2) is 0 Å². The van der Waals surface area contributed by atoms with E-state index in [9.17, 15) is 4.79 Å². The van der Waals surface area contributed by atoms with Crippen molar-refractivity contribution in [3.63, 3.8) is 0 Å². The van der Waals surface area contributed by atoms with Gasteiger partial charge in [0.2, 0.25) is 0 Å². The Morgan fingerprint density at radius 3 is 2.82 bits per heavy atom. The smallest absolute Gasteiger partial charge is 0.251 e. The molecular weight excluding hydrogens is 346 g/mol. The fourth-order valence-electron chi connectivity index (χ4n) is 1.79. The number of benzene rings is 1. The summed E-state index contributed by atoms with van der Waals surface area (Å²) in [6.07, 6.45) is 2.56. The Morgan fingerprint density at radius 2 is 2.24 bits per heavy atom. The van der Waals surface area contributed by atoms with Gasteiger partial charge in [0.1, 0.15) is 0 Å². The number of hydrogen-bond acceptors (Lipinski definition) is 1. The fraction of sp³-hybridized carbons (Fsp3) is 0.462. The lowest BCUT2D eigenvalue weighted by Crippen LogP contribution is -2.30. The first kappa shape index (κ1) is 13.1. The molecule has 1 fully saturated rings. The molecule has 1 aromatic carbocycles. The number of rotatable bonds is 4.